The zero-order valence-electron chi connectivity index (χ0n) is 16.1. The molecule has 31 heavy (non-hydrogen) atoms. The molecule has 0 fully saturated rings. The van der Waals surface area contributed by atoms with E-state index < -0.39 is 29.2 Å². The number of halogens is 4. The third kappa shape index (κ3) is 5.55. The first-order valence-corrected chi connectivity index (χ1v) is 9.32. The Labute approximate surface area is 180 Å². The van der Waals surface area contributed by atoms with E-state index in [0.29, 0.717) is 16.2 Å². The lowest BCUT2D eigenvalue weighted by molar-refractivity contribution is -0.136. The highest BCUT2D eigenvalue weighted by molar-refractivity contribution is 6.32. The molecule has 0 atom stereocenters. The van der Waals surface area contributed by atoms with Crippen molar-refractivity contribution in [3.8, 4) is 0 Å². The monoisotopic (exact) mass is 448 g/mol. The van der Waals surface area contributed by atoms with Gasteiger partial charge in [-0.3, -0.25) is 9.59 Å². The molecule has 1 heterocycles. The minimum absolute atomic E-state index is 0.0840. The molecule has 9 heteroatoms. The third-order valence-corrected chi connectivity index (χ3v) is 4.60. The first kappa shape index (κ1) is 22.2. The van der Waals surface area contributed by atoms with Gasteiger partial charge in [0.1, 0.15) is 6.26 Å². The molecule has 0 aliphatic heterocycles. The van der Waals surface area contributed by atoms with Crippen molar-refractivity contribution in [1.29, 1.82) is 0 Å². The Balaban J connectivity index is 1.83. The van der Waals surface area contributed by atoms with Crippen LogP contribution in [0.1, 0.15) is 28.4 Å². The number of alkyl halides is 3. The molecule has 0 bridgehead atoms. The molecule has 0 unspecified atom stereocenters. The fraction of sp³-hybridized carbons (Fsp3) is 0.0909. The maximum absolute atomic E-state index is 13.6. The molecule has 0 radical (unpaired) electrons. The highest BCUT2D eigenvalue weighted by Gasteiger charge is 2.34. The van der Waals surface area contributed by atoms with Crippen molar-refractivity contribution < 1.29 is 27.2 Å². The first-order chi connectivity index (χ1) is 14.6. The van der Waals surface area contributed by atoms with Gasteiger partial charge in [-0.15, -0.1) is 0 Å². The largest absolute Gasteiger partial charge is 0.472 e. The molecule has 0 aliphatic rings. The van der Waals surface area contributed by atoms with Gasteiger partial charge in [-0.05, 0) is 48.4 Å². The minimum Gasteiger partial charge on any atom is -0.472 e. The van der Waals surface area contributed by atoms with Crippen molar-refractivity contribution in [2.75, 3.05) is 10.6 Å². The van der Waals surface area contributed by atoms with E-state index in [4.69, 9.17) is 16.0 Å². The van der Waals surface area contributed by atoms with Crippen LogP contribution < -0.4 is 10.6 Å². The number of carbonyl (C=O) groups is 2. The summed E-state index contributed by atoms with van der Waals surface area (Å²) in [5.74, 6) is -1.38. The van der Waals surface area contributed by atoms with Crippen molar-refractivity contribution in [2.45, 2.75) is 13.1 Å². The van der Waals surface area contributed by atoms with Gasteiger partial charge in [0.15, 0.2) is 0 Å². The lowest BCUT2D eigenvalue weighted by Crippen LogP contribution is -2.17. The molecular formula is C22H16ClF3N2O3. The van der Waals surface area contributed by atoms with Gasteiger partial charge < -0.3 is 15.1 Å². The summed E-state index contributed by atoms with van der Waals surface area (Å²) in [6, 6.07) is 11.2. The first-order valence-electron chi connectivity index (χ1n) is 8.94. The van der Waals surface area contributed by atoms with Crippen LogP contribution in [0.2, 0.25) is 5.02 Å². The Bertz CT molecular complexity index is 1140. The van der Waals surface area contributed by atoms with Crippen LogP contribution in [0.25, 0.3) is 5.57 Å². The lowest BCUT2D eigenvalue weighted by Gasteiger charge is -2.15. The highest BCUT2D eigenvalue weighted by Crippen LogP contribution is 2.37. The van der Waals surface area contributed by atoms with E-state index in [1.165, 1.54) is 24.7 Å². The average molecular weight is 449 g/mol. The van der Waals surface area contributed by atoms with Gasteiger partial charge in [0.2, 0.25) is 5.91 Å². The van der Waals surface area contributed by atoms with Gasteiger partial charge in [0.05, 0.1) is 23.1 Å². The van der Waals surface area contributed by atoms with E-state index in [-0.39, 0.29) is 11.3 Å². The van der Waals surface area contributed by atoms with E-state index >= 15 is 0 Å². The number of nitrogens with one attached hydrogen (secondary N) is 2. The van der Waals surface area contributed by atoms with E-state index in [1.54, 1.807) is 31.2 Å². The molecule has 2 aromatic carbocycles. The molecule has 2 N–H and O–H groups in total. The summed E-state index contributed by atoms with van der Waals surface area (Å²) in [5, 5.41) is 5.01. The molecule has 3 aromatic rings. The zero-order chi connectivity index (χ0) is 22.6. The zero-order valence-corrected chi connectivity index (χ0v) is 16.8. The molecule has 0 saturated heterocycles. The second-order valence-corrected chi connectivity index (χ2v) is 6.93. The summed E-state index contributed by atoms with van der Waals surface area (Å²) < 4.78 is 45.5. The smallest absolute Gasteiger partial charge is 0.418 e. The molecule has 5 nitrogen and oxygen atoms in total. The summed E-state index contributed by atoms with van der Waals surface area (Å²) in [7, 11) is 0. The Kier molecular flexibility index (Phi) is 6.50. The second-order valence-electron chi connectivity index (χ2n) is 6.52. The molecule has 2 amide bonds. The van der Waals surface area contributed by atoms with Crippen molar-refractivity contribution >= 4 is 40.4 Å². The molecule has 1 aromatic heterocycles. The van der Waals surface area contributed by atoms with E-state index in [1.807, 2.05) is 0 Å². The van der Waals surface area contributed by atoms with Crippen molar-refractivity contribution in [1.82, 2.24) is 0 Å². The summed E-state index contributed by atoms with van der Waals surface area (Å²) >= 11 is 6.08. The molecule has 0 aliphatic carbocycles. The van der Waals surface area contributed by atoms with E-state index in [9.17, 15) is 22.8 Å². The maximum Gasteiger partial charge on any atom is 0.418 e. The maximum atomic E-state index is 13.6. The number of hydrogen-bond donors (Lipinski definition) is 2. The van der Waals surface area contributed by atoms with Crippen LogP contribution >= 0.6 is 11.6 Å². The molecule has 0 saturated carbocycles. The van der Waals surface area contributed by atoms with Gasteiger partial charge in [0, 0.05) is 16.8 Å². The van der Waals surface area contributed by atoms with Crippen LogP contribution in [0, 0.1) is 0 Å². The molecule has 160 valence electrons. The fourth-order valence-electron chi connectivity index (χ4n) is 2.79. The number of furan rings is 1. The van der Waals surface area contributed by atoms with Crippen LogP contribution in [0.3, 0.4) is 0 Å². The van der Waals surface area contributed by atoms with Crippen LogP contribution in [0.5, 0.6) is 0 Å². The normalized spacial score (nSPS) is 11.8. The van der Waals surface area contributed by atoms with Gasteiger partial charge in [-0.1, -0.05) is 29.8 Å². The number of carbonyl (C=O) groups excluding carboxylic acids is 2. The SMILES string of the molecule is CC(=CC(=O)Nc1ccc(NC(=O)c2ccoc2)cc1C(F)(F)F)c1ccccc1Cl. The highest BCUT2D eigenvalue weighted by atomic mass is 35.5. The van der Waals surface area contributed by atoms with Crippen LogP contribution in [0.15, 0.2) is 71.6 Å². The third-order valence-electron chi connectivity index (χ3n) is 4.27. The summed E-state index contributed by atoms with van der Waals surface area (Å²) in [6.45, 7) is 1.62. The summed E-state index contributed by atoms with van der Waals surface area (Å²) in [6.07, 6.45) is -1.16. The predicted molar refractivity (Wildman–Crippen MR) is 112 cm³/mol. The molecular weight excluding hydrogens is 433 g/mol. The minimum atomic E-state index is -4.76. The van der Waals surface area contributed by atoms with Crippen molar-refractivity contribution in [3.05, 3.63) is 88.8 Å². The number of amides is 2. The van der Waals surface area contributed by atoms with Gasteiger partial charge in [-0.25, -0.2) is 0 Å². The topological polar surface area (TPSA) is 71.3 Å². The summed E-state index contributed by atoms with van der Waals surface area (Å²) in [4.78, 5) is 24.4. The Morgan fingerprint density at radius 3 is 2.45 bits per heavy atom. The Hall–Kier alpha value is -3.52. The van der Waals surface area contributed by atoms with Gasteiger partial charge in [0.25, 0.3) is 5.91 Å². The lowest BCUT2D eigenvalue weighted by atomic mass is 10.1. The average Bonchev–Trinajstić information content (AvgIpc) is 3.23. The number of hydrogen-bond acceptors (Lipinski definition) is 3. The fourth-order valence-corrected chi connectivity index (χ4v) is 3.07. The quantitative estimate of drug-likeness (QED) is 0.453. The van der Waals surface area contributed by atoms with Crippen LogP contribution in [-0.4, -0.2) is 11.8 Å². The summed E-state index contributed by atoms with van der Waals surface area (Å²) in [5.41, 5.74) is -0.393. The van der Waals surface area contributed by atoms with Gasteiger partial charge in [-0.2, -0.15) is 13.2 Å². The van der Waals surface area contributed by atoms with E-state index in [2.05, 4.69) is 10.6 Å². The second kappa shape index (κ2) is 9.09. The number of anilines is 2. The molecule has 3 rings (SSSR count). The Morgan fingerprint density at radius 1 is 1.06 bits per heavy atom. The standard InChI is InChI=1S/C22H16ClF3N2O3/c1-13(16-4-2-3-5-18(16)23)10-20(29)28-19-7-6-15(11-17(19)22(24,25)26)27-21(30)14-8-9-31-12-14/h2-12H,1H3,(H,27,30)(H,28,29). The number of benzene rings is 2. The van der Waals surface area contributed by atoms with Crippen molar-refractivity contribution in [3.63, 3.8) is 0 Å². The number of allylic oxidation sites excluding steroid dienone is 1. The van der Waals surface area contributed by atoms with Gasteiger partial charge >= 0.3 is 6.18 Å². The molecule has 0 spiro atoms. The predicted octanol–water partition coefficient (Wildman–Crippen LogP) is 6.25. The Morgan fingerprint density at radius 2 is 1.81 bits per heavy atom. The van der Waals surface area contributed by atoms with E-state index in [0.717, 1.165) is 18.2 Å². The van der Waals surface area contributed by atoms with Crippen LogP contribution in [-0.2, 0) is 11.0 Å². The number of rotatable bonds is 5. The van der Waals surface area contributed by atoms with Crippen LogP contribution in [0.4, 0.5) is 24.5 Å². The van der Waals surface area contributed by atoms with Crippen molar-refractivity contribution in [2.24, 2.45) is 0 Å².